The summed E-state index contributed by atoms with van der Waals surface area (Å²) in [5, 5.41) is 0.935. The lowest BCUT2D eigenvalue weighted by atomic mass is 9.91. The maximum atomic E-state index is 6.59. The van der Waals surface area contributed by atoms with Crippen LogP contribution < -0.4 is 10.5 Å². The number of aromatic amines is 1. The smallest absolute Gasteiger partial charge is 0.131 e. The average molecular weight is 430 g/mol. The molecule has 3 aromatic rings. The minimum Gasteiger partial charge on any atom is -0.496 e. The van der Waals surface area contributed by atoms with E-state index >= 15 is 0 Å². The second-order valence-electron chi connectivity index (χ2n) is 6.43. The fourth-order valence-corrected chi connectivity index (χ4v) is 3.52. The topological polar surface area (TPSA) is 89.7 Å². The Hall–Kier alpha value is -2.83. The number of aromatic nitrogens is 4. The molecule has 3 rings (SSSR count). The molecule has 1 atom stereocenters. The van der Waals surface area contributed by atoms with Crippen LogP contribution in [0.1, 0.15) is 29.8 Å². The Balaban J connectivity index is 2.24. The number of nitrogen functional groups attached to an aromatic ring is 1. The summed E-state index contributed by atoms with van der Waals surface area (Å²) in [6.07, 6.45) is 6.58. The van der Waals surface area contributed by atoms with Crippen molar-refractivity contribution < 1.29 is 4.74 Å². The number of methoxy groups -OCH3 is 1. The molecule has 0 fully saturated rings. The van der Waals surface area contributed by atoms with Gasteiger partial charge in [-0.3, -0.25) is 4.98 Å². The quantitative estimate of drug-likeness (QED) is 0.583. The van der Waals surface area contributed by atoms with Crippen LogP contribution >= 0.6 is 23.2 Å². The second kappa shape index (κ2) is 9.11. The summed E-state index contributed by atoms with van der Waals surface area (Å²) in [6, 6.07) is 7.27. The number of benzene rings is 1. The molecule has 2 aromatic heterocycles. The van der Waals surface area contributed by atoms with Gasteiger partial charge >= 0.3 is 0 Å². The Morgan fingerprint density at radius 1 is 1.14 bits per heavy atom. The Bertz CT molecular complexity index is 1070. The van der Waals surface area contributed by atoms with E-state index in [1.54, 1.807) is 25.7 Å². The SMILES string of the molecule is COc1c(C(C)c2nccnc(N)cc(Cl)[nH]2)cc(Cl)c(C)c1-c1cccnc1. The fraction of sp³-hybridized carbons (Fsp3) is 0.190. The van der Waals surface area contributed by atoms with Crippen LogP contribution in [0.4, 0.5) is 5.82 Å². The number of nitrogens with one attached hydrogen (secondary N) is 1. The van der Waals surface area contributed by atoms with Gasteiger partial charge in [-0.2, -0.15) is 0 Å². The van der Waals surface area contributed by atoms with Crippen LogP contribution in [0.25, 0.3) is 11.1 Å². The third-order valence-electron chi connectivity index (χ3n) is 4.56. The van der Waals surface area contributed by atoms with Gasteiger partial charge in [0.05, 0.1) is 7.11 Å². The second-order valence-corrected chi connectivity index (χ2v) is 7.24. The van der Waals surface area contributed by atoms with E-state index in [4.69, 9.17) is 33.7 Å². The van der Waals surface area contributed by atoms with Crippen LogP contribution in [-0.4, -0.2) is 27.0 Å². The maximum absolute atomic E-state index is 6.59. The third kappa shape index (κ3) is 4.60. The van der Waals surface area contributed by atoms with E-state index in [0.29, 0.717) is 21.7 Å². The minimum absolute atomic E-state index is 0.218. The van der Waals surface area contributed by atoms with Gasteiger partial charge in [0.1, 0.15) is 22.5 Å². The van der Waals surface area contributed by atoms with Gasteiger partial charge in [-0.05, 0) is 24.6 Å². The van der Waals surface area contributed by atoms with Crippen molar-refractivity contribution in [3.05, 3.63) is 76.2 Å². The molecule has 29 heavy (non-hydrogen) atoms. The van der Waals surface area contributed by atoms with Gasteiger partial charge in [0.15, 0.2) is 0 Å². The molecule has 0 saturated carbocycles. The lowest BCUT2D eigenvalue weighted by Crippen LogP contribution is -2.06. The van der Waals surface area contributed by atoms with E-state index in [2.05, 4.69) is 19.9 Å². The predicted octanol–water partition coefficient (Wildman–Crippen LogP) is 5.35. The van der Waals surface area contributed by atoms with E-state index in [1.165, 1.54) is 12.3 Å². The Kier molecular flexibility index (Phi) is 6.56. The fourth-order valence-electron chi connectivity index (χ4n) is 3.10. The van der Waals surface area contributed by atoms with Gasteiger partial charge in [-0.1, -0.05) is 36.2 Å². The van der Waals surface area contributed by atoms with Crippen molar-refractivity contribution >= 4 is 29.0 Å². The Labute approximate surface area is 179 Å². The van der Waals surface area contributed by atoms with Crippen LogP contribution in [-0.2, 0) is 0 Å². The average Bonchev–Trinajstić information content (AvgIpc) is 2.79. The van der Waals surface area contributed by atoms with E-state index in [9.17, 15) is 0 Å². The van der Waals surface area contributed by atoms with Crippen molar-refractivity contribution in [1.82, 2.24) is 19.9 Å². The molecule has 150 valence electrons. The van der Waals surface area contributed by atoms with E-state index < -0.39 is 0 Å². The highest BCUT2D eigenvalue weighted by atomic mass is 35.5. The molecule has 8 heteroatoms. The van der Waals surface area contributed by atoms with Crippen LogP contribution in [0.3, 0.4) is 0 Å². The molecule has 0 aliphatic rings. The van der Waals surface area contributed by atoms with Crippen molar-refractivity contribution in [2.45, 2.75) is 19.8 Å². The molecule has 0 aliphatic heterocycles. The Morgan fingerprint density at radius 2 is 1.90 bits per heavy atom. The number of ether oxygens (including phenoxy) is 1. The van der Waals surface area contributed by atoms with Crippen molar-refractivity contribution in [1.29, 1.82) is 0 Å². The first-order valence-electron chi connectivity index (χ1n) is 8.90. The monoisotopic (exact) mass is 429 g/mol. The zero-order valence-electron chi connectivity index (χ0n) is 16.3. The Morgan fingerprint density at radius 3 is 2.59 bits per heavy atom. The molecule has 0 saturated heterocycles. The van der Waals surface area contributed by atoms with Gasteiger partial charge in [0.25, 0.3) is 0 Å². The summed E-state index contributed by atoms with van der Waals surface area (Å²) in [7, 11) is 1.64. The number of hydrogen-bond acceptors (Lipinski definition) is 5. The van der Waals surface area contributed by atoms with Crippen molar-refractivity contribution in [2.24, 2.45) is 0 Å². The van der Waals surface area contributed by atoms with E-state index in [0.717, 1.165) is 22.3 Å². The van der Waals surface area contributed by atoms with Crippen molar-refractivity contribution in [3.8, 4) is 16.9 Å². The number of anilines is 1. The highest BCUT2D eigenvalue weighted by Crippen LogP contribution is 2.43. The van der Waals surface area contributed by atoms with Crippen molar-refractivity contribution in [3.63, 3.8) is 0 Å². The van der Waals surface area contributed by atoms with Crippen LogP contribution in [0, 0.1) is 6.92 Å². The number of rotatable bonds is 4. The molecular formula is C21H21Cl2N5O. The number of nitrogens with two attached hydrogens (primary N) is 1. The lowest BCUT2D eigenvalue weighted by Gasteiger charge is -2.21. The number of hydrogen-bond donors (Lipinski definition) is 2. The highest BCUT2D eigenvalue weighted by Gasteiger charge is 2.22. The molecule has 0 spiro atoms. The molecule has 1 aromatic carbocycles. The number of H-pyrrole nitrogens is 1. The molecule has 3 N–H and O–H groups in total. The van der Waals surface area contributed by atoms with Crippen molar-refractivity contribution in [2.75, 3.05) is 12.8 Å². The largest absolute Gasteiger partial charge is 0.496 e. The normalized spacial score (nSPS) is 11.6. The molecule has 2 heterocycles. The highest BCUT2D eigenvalue weighted by molar-refractivity contribution is 6.32. The van der Waals surface area contributed by atoms with Crippen LogP contribution in [0.5, 0.6) is 5.75 Å². The maximum Gasteiger partial charge on any atom is 0.131 e. The first-order valence-corrected chi connectivity index (χ1v) is 9.65. The van der Waals surface area contributed by atoms with E-state index in [1.807, 2.05) is 32.0 Å². The third-order valence-corrected chi connectivity index (χ3v) is 5.16. The van der Waals surface area contributed by atoms with Gasteiger partial charge in [-0.25, -0.2) is 9.97 Å². The minimum atomic E-state index is -0.218. The lowest BCUT2D eigenvalue weighted by molar-refractivity contribution is 0.409. The molecular weight excluding hydrogens is 409 g/mol. The summed E-state index contributed by atoms with van der Waals surface area (Å²) >= 11 is 12.9. The van der Waals surface area contributed by atoms with Gasteiger partial charge in [-0.15, -0.1) is 0 Å². The van der Waals surface area contributed by atoms with Gasteiger partial charge in [0, 0.05) is 58.5 Å². The number of halogens is 2. The molecule has 0 radical (unpaired) electrons. The van der Waals surface area contributed by atoms with Crippen LogP contribution in [0.15, 0.2) is 49.1 Å². The first kappa shape index (κ1) is 20.9. The summed E-state index contributed by atoms with van der Waals surface area (Å²) in [4.78, 5) is 15.8. The summed E-state index contributed by atoms with van der Waals surface area (Å²) in [5.74, 6) is 1.36. The standard InChI is InChI=1S/C21H21Cl2N5O/c1-12(21-27-8-7-26-18(24)10-17(23)28-21)15-9-16(22)13(2)19(20(15)29-3)14-5-4-6-25-11-14/h4-12H,1-3H3,(H2,24,26)(H,27,28). The molecule has 6 nitrogen and oxygen atoms in total. The molecule has 0 aliphatic carbocycles. The van der Waals surface area contributed by atoms with Gasteiger partial charge < -0.3 is 15.5 Å². The van der Waals surface area contributed by atoms with E-state index in [-0.39, 0.29) is 11.7 Å². The predicted molar refractivity (Wildman–Crippen MR) is 117 cm³/mol. The summed E-state index contributed by atoms with van der Waals surface area (Å²) < 4.78 is 5.83. The number of pyridine rings is 1. The van der Waals surface area contributed by atoms with Crippen LogP contribution in [0.2, 0.25) is 10.2 Å². The zero-order valence-corrected chi connectivity index (χ0v) is 17.8. The zero-order chi connectivity index (χ0) is 21.0. The molecule has 0 bridgehead atoms. The van der Waals surface area contributed by atoms with Gasteiger partial charge in [0.2, 0.25) is 0 Å². The molecule has 0 amide bonds. The molecule has 1 unspecified atom stereocenters. The summed E-state index contributed by atoms with van der Waals surface area (Å²) in [6.45, 7) is 3.95. The first-order chi connectivity index (χ1) is 13.9. The number of nitrogens with zero attached hydrogens (tertiary/aromatic N) is 3. The summed E-state index contributed by atoms with van der Waals surface area (Å²) in [5.41, 5.74) is 9.35.